The molecule has 0 unspecified atom stereocenters. The predicted molar refractivity (Wildman–Crippen MR) is 95.0 cm³/mol. The molecule has 0 spiro atoms. The van der Waals surface area contributed by atoms with Gasteiger partial charge in [0.05, 0.1) is 0 Å². The maximum atomic E-state index is 12.4. The Bertz CT molecular complexity index is 724. The number of nitrogens with zero attached hydrogens (tertiary/aromatic N) is 1. The van der Waals surface area contributed by atoms with Crippen molar-refractivity contribution in [3.05, 3.63) is 35.5 Å². The molecule has 0 amide bonds. The van der Waals surface area contributed by atoms with E-state index >= 15 is 0 Å². The van der Waals surface area contributed by atoms with Crippen LogP contribution in [0, 0.1) is 23.2 Å². The largest absolute Gasteiger partial charge is 0.299 e. The van der Waals surface area contributed by atoms with Crippen LogP contribution in [-0.2, 0) is 9.59 Å². The van der Waals surface area contributed by atoms with E-state index in [-0.39, 0.29) is 11.2 Å². The average Bonchev–Trinajstić information content (AvgIpc) is 2.88. The highest BCUT2D eigenvalue weighted by Crippen LogP contribution is 2.58. The number of carbonyl (C=O) groups is 2. The lowest BCUT2D eigenvalue weighted by atomic mass is 9.56. The maximum absolute atomic E-state index is 12.4. The molecule has 0 aromatic heterocycles. The van der Waals surface area contributed by atoms with Crippen molar-refractivity contribution in [2.24, 2.45) is 28.2 Å². The molecule has 0 aromatic rings. The van der Waals surface area contributed by atoms with Crippen LogP contribution in [0.25, 0.3) is 0 Å². The van der Waals surface area contributed by atoms with Gasteiger partial charge in [0, 0.05) is 18.4 Å². The molecule has 3 nitrogen and oxygen atoms in total. The first-order chi connectivity index (χ1) is 11.5. The molecule has 24 heavy (non-hydrogen) atoms. The van der Waals surface area contributed by atoms with Gasteiger partial charge in [0.25, 0.3) is 0 Å². The van der Waals surface area contributed by atoms with E-state index in [0.29, 0.717) is 35.8 Å². The van der Waals surface area contributed by atoms with Crippen molar-refractivity contribution >= 4 is 17.3 Å². The summed E-state index contributed by atoms with van der Waals surface area (Å²) in [6, 6.07) is 0. The molecule has 0 N–H and O–H groups in total. The Morgan fingerprint density at radius 1 is 1.25 bits per heavy atom. The Labute approximate surface area is 143 Å². The SMILES string of the molecule is CCCN=C1C=C2C=C[C@@H]3[C@H](CC[C@]4(C)C(=O)CC[C@@H]34)C2=CC1=O. The zero-order chi connectivity index (χ0) is 16.9. The van der Waals surface area contributed by atoms with Crippen LogP contribution in [0.1, 0.15) is 46.0 Å². The van der Waals surface area contributed by atoms with E-state index in [1.807, 2.05) is 12.2 Å². The van der Waals surface area contributed by atoms with Crippen molar-refractivity contribution in [1.29, 1.82) is 0 Å². The number of aliphatic imine (C=N–C) groups is 1. The van der Waals surface area contributed by atoms with Crippen molar-refractivity contribution < 1.29 is 9.59 Å². The summed E-state index contributed by atoms with van der Waals surface area (Å²) in [5, 5.41) is 0. The van der Waals surface area contributed by atoms with Gasteiger partial charge in [-0.2, -0.15) is 0 Å². The highest BCUT2D eigenvalue weighted by atomic mass is 16.1. The molecular weight excluding hydrogens is 298 g/mol. The van der Waals surface area contributed by atoms with Gasteiger partial charge in [-0.1, -0.05) is 26.0 Å². The molecule has 0 aromatic carbocycles. The van der Waals surface area contributed by atoms with Crippen molar-refractivity contribution in [1.82, 2.24) is 0 Å². The van der Waals surface area contributed by atoms with Gasteiger partial charge in [-0.05, 0) is 66.7 Å². The molecule has 4 atom stereocenters. The summed E-state index contributed by atoms with van der Waals surface area (Å²) in [5.74, 6) is 1.73. The van der Waals surface area contributed by atoms with Crippen LogP contribution in [-0.4, -0.2) is 23.8 Å². The molecule has 0 saturated heterocycles. The Kier molecular flexibility index (Phi) is 3.70. The molecule has 3 heteroatoms. The second-order valence-electron chi connectivity index (χ2n) is 7.90. The van der Waals surface area contributed by atoms with Gasteiger partial charge in [0.15, 0.2) is 0 Å². The Morgan fingerprint density at radius 3 is 2.88 bits per heavy atom. The number of ketones is 2. The number of hydrogen-bond acceptors (Lipinski definition) is 3. The first-order valence-corrected chi connectivity index (χ1v) is 9.28. The summed E-state index contributed by atoms with van der Waals surface area (Å²) in [6.45, 7) is 4.93. The van der Waals surface area contributed by atoms with E-state index in [1.165, 1.54) is 5.57 Å². The molecule has 4 aliphatic rings. The lowest BCUT2D eigenvalue weighted by molar-refractivity contribution is -0.129. The number of fused-ring (bicyclic) bond motifs is 5. The summed E-state index contributed by atoms with van der Waals surface area (Å²) >= 11 is 0. The third kappa shape index (κ3) is 2.21. The normalized spacial score (nSPS) is 39.2. The molecule has 0 heterocycles. The van der Waals surface area contributed by atoms with E-state index in [2.05, 4.69) is 31.0 Å². The average molecular weight is 323 g/mol. The maximum Gasteiger partial charge on any atom is 0.204 e. The first kappa shape index (κ1) is 15.7. The Balaban J connectivity index is 1.69. The minimum atomic E-state index is -0.139. The molecular formula is C21H25NO2. The first-order valence-electron chi connectivity index (χ1n) is 9.28. The van der Waals surface area contributed by atoms with Gasteiger partial charge in [-0.15, -0.1) is 0 Å². The number of Topliss-reactive ketones (excluding diaryl/α,β-unsaturated/α-hetero) is 1. The van der Waals surface area contributed by atoms with Gasteiger partial charge >= 0.3 is 0 Å². The number of hydrogen-bond donors (Lipinski definition) is 0. The minimum absolute atomic E-state index is 0.0482. The summed E-state index contributed by atoms with van der Waals surface area (Å²) in [6.07, 6.45) is 12.9. The summed E-state index contributed by atoms with van der Waals surface area (Å²) < 4.78 is 0. The van der Waals surface area contributed by atoms with E-state index in [4.69, 9.17) is 0 Å². The van der Waals surface area contributed by atoms with Crippen LogP contribution in [0.4, 0.5) is 0 Å². The van der Waals surface area contributed by atoms with Crippen LogP contribution < -0.4 is 0 Å². The molecule has 2 fully saturated rings. The lowest BCUT2D eigenvalue weighted by Gasteiger charge is -2.47. The van der Waals surface area contributed by atoms with Crippen molar-refractivity contribution in [2.75, 3.05) is 6.54 Å². The topological polar surface area (TPSA) is 46.5 Å². The van der Waals surface area contributed by atoms with Crippen molar-refractivity contribution in [3.8, 4) is 0 Å². The Morgan fingerprint density at radius 2 is 2.08 bits per heavy atom. The third-order valence-corrected chi connectivity index (χ3v) is 6.61. The van der Waals surface area contributed by atoms with E-state index in [9.17, 15) is 9.59 Å². The molecule has 0 aliphatic heterocycles. The summed E-state index contributed by atoms with van der Waals surface area (Å²) in [7, 11) is 0. The zero-order valence-corrected chi connectivity index (χ0v) is 14.5. The van der Waals surface area contributed by atoms with Crippen LogP contribution in [0.3, 0.4) is 0 Å². The fourth-order valence-corrected chi connectivity index (χ4v) is 5.24. The van der Waals surface area contributed by atoms with E-state index < -0.39 is 0 Å². The van der Waals surface area contributed by atoms with Gasteiger partial charge in [0.1, 0.15) is 11.5 Å². The van der Waals surface area contributed by atoms with E-state index in [1.54, 1.807) is 0 Å². The highest BCUT2D eigenvalue weighted by molar-refractivity contribution is 6.49. The monoisotopic (exact) mass is 323 g/mol. The fourth-order valence-electron chi connectivity index (χ4n) is 5.24. The predicted octanol–water partition coefficient (Wildman–Crippen LogP) is 3.85. The quantitative estimate of drug-likeness (QED) is 0.725. The zero-order valence-electron chi connectivity index (χ0n) is 14.5. The standard InChI is InChI=1S/C21H25NO2/c1-3-10-22-18-11-13-4-5-15-14(16(13)12-19(18)23)8-9-21(2)17(15)6-7-20(21)24/h4-5,11-12,14-15,17H,3,6-10H2,1-2H3/t14-,15+,17-,21-/m0/s1. The molecule has 0 radical (unpaired) electrons. The van der Waals surface area contributed by atoms with Gasteiger partial charge in [0.2, 0.25) is 5.78 Å². The molecule has 4 aliphatic carbocycles. The fraction of sp³-hybridized carbons (Fsp3) is 0.571. The van der Waals surface area contributed by atoms with Gasteiger partial charge in [-0.3, -0.25) is 14.6 Å². The lowest BCUT2D eigenvalue weighted by Crippen LogP contribution is -2.43. The summed E-state index contributed by atoms with van der Waals surface area (Å²) in [4.78, 5) is 29.2. The highest BCUT2D eigenvalue weighted by Gasteiger charge is 2.54. The van der Waals surface area contributed by atoms with Crippen LogP contribution in [0.2, 0.25) is 0 Å². The van der Waals surface area contributed by atoms with Gasteiger partial charge < -0.3 is 0 Å². The summed E-state index contributed by atoms with van der Waals surface area (Å²) in [5.41, 5.74) is 2.79. The second-order valence-corrected chi connectivity index (χ2v) is 7.90. The molecule has 126 valence electrons. The van der Waals surface area contributed by atoms with Crippen molar-refractivity contribution in [2.45, 2.75) is 46.0 Å². The van der Waals surface area contributed by atoms with Gasteiger partial charge in [-0.25, -0.2) is 0 Å². The molecule has 2 saturated carbocycles. The van der Waals surface area contributed by atoms with Crippen molar-refractivity contribution in [3.63, 3.8) is 0 Å². The van der Waals surface area contributed by atoms with Crippen LogP contribution >= 0.6 is 0 Å². The molecule has 4 rings (SSSR count). The molecule has 0 bridgehead atoms. The third-order valence-electron chi connectivity index (χ3n) is 6.61. The second kappa shape index (κ2) is 5.65. The smallest absolute Gasteiger partial charge is 0.204 e. The minimum Gasteiger partial charge on any atom is -0.299 e. The number of rotatable bonds is 2. The van der Waals surface area contributed by atoms with E-state index in [0.717, 1.165) is 37.7 Å². The van der Waals surface area contributed by atoms with Crippen LogP contribution in [0.15, 0.2) is 40.4 Å². The number of allylic oxidation sites excluding steroid dienone is 6. The van der Waals surface area contributed by atoms with Crippen LogP contribution in [0.5, 0.6) is 0 Å². The Hall–Kier alpha value is -1.77. The number of carbonyl (C=O) groups excluding carboxylic acids is 2.